The molecule has 1 saturated heterocycles. The molecule has 1 rings (SSSR count). The lowest BCUT2D eigenvalue weighted by molar-refractivity contribution is 0.363. The summed E-state index contributed by atoms with van der Waals surface area (Å²) in [7, 11) is 0. The minimum absolute atomic E-state index is 0.920. The standard InChI is InChI=1S/C11H20NO/c13-11-12-9-7-5-3-1-2-4-6-8-10-12/h1-10H2. The van der Waals surface area contributed by atoms with Gasteiger partial charge < -0.3 is 4.90 Å². The molecular weight excluding hydrogens is 162 g/mol. The molecule has 0 aromatic heterocycles. The van der Waals surface area contributed by atoms with Crippen molar-refractivity contribution in [3.63, 3.8) is 0 Å². The second kappa shape index (κ2) is 6.93. The maximum atomic E-state index is 10.5. The van der Waals surface area contributed by atoms with Gasteiger partial charge in [0.2, 0.25) is 0 Å². The highest BCUT2D eigenvalue weighted by Crippen LogP contribution is 2.11. The van der Waals surface area contributed by atoms with Gasteiger partial charge in [-0.3, -0.25) is 4.79 Å². The second-order valence-electron chi connectivity index (χ2n) is 3.91. The summed E-state index contributed by atoms with van der Waals surface area (Å²) in [6, 6.07) is 0. The maximum Gasteiger partial charge on any atom is 0.312 e. The Morgan fingerprint density at radius 1 is 0.692 bits per heavy atom. The maximum absolute atomic E-state index is 10.5. The fourth-order valence-electron chi connectivity index (χ4n) is 1.87. The Morgan fingerprint density at radius 3 is 1.46 bits per heavy atom. The van der Waals surface area contributed by atoms with Crippen molar-refractivity contribution in [1.82, 2.24) is 4.90 Å². The second-order valence-corrected chi connectivity index (χ2v) is 3.91. The highest BCUT2D eigenvalue weighted by molar-refractivity contribution is 5.47. The van der Waals surface area contributed by atoms with Gasteiger partial charge in [0.25, 0.3) is 0 Å². The molecule has 0 unspecified atom stereocenters. The van der Waals surface area contributed by atoms with Gasteiger partial charge in [-0.15, -0.1) is 0 Å². The van der Waals surface area contributed by atoms with E-state index in [0.29, 0.717) is 0 Å². The molecular formula is C11H20NO. The fraction of sp³-hybridized carbons (Fsp3) is 0.909. The van der Waals surface area contributed by atoms with Crippen LogP contribution in [0.25, 0.3) is 0 Å². The molecule has 0 aromatic carbocycles. The summed E-state index contributed by atoms with van der Waals surface area (Å²) in [5, 5.41) is 0. The lowest BCUT2D eigenvalue weighted by Crippen LogP contribution is -2.24. The number of amides is 1. The summed E-state index contributed by atoms with van der Waals surface area (Å²) in [6.45, 7) is 1.84. The summed E-state index contributed by atoms with van der Waals surface area (Å²) in [5.74, 6) is 0. The van der Waals surface area contributed by atoms with Crippen molar-refractivity contribution in [2.75, 3.05) is 13.1 Å². The van der Waals surface area contributed by atoms with Crippen LogP contribution in [0.2, 0.25) is 0 Å². The van der Waals surface area contributed by atoms with E-state index in [1.54, 1.807) is 0 Å². The summed E-state index contributed by atoms with van der Waals surface area (Å²) in [4.78, 5) is 12.3. The zero-order chi connectivity index (χ0) is 9.36. The molecule has 1 amide bonds. The molecule has 1 aliphatic heterocycles. The van der Waals surface area contributed by atoms with E-state index < -0.39 is 0 Å². The van der Waals surface area contributed by atoms with Gasteiger partial charge in [0.05, 0.1) is 0 Å². The third kappa shape index (κ3) is 4.91. The Balaban J connectivity index is 2.22. The van der Waals surface area contributed by atoms with Gasteiger partial charge in [-0.05, 0) is 12.8 Å². The lowest BCUT2D eigenvalue weighted by Gasteiger charge is -2.14. The van der Waals surface area contributed by atoms with Gasteiger partial charge in [0, 0.05) is 13.1 Å². The summed E-state index contributed by atoms with van der Waals surface area (Å²) in [5.41, 5.74) is 0. The van der Waals surface area contributed by atoms with E-state index in [9.17, 15) is 4.79 Å². The smallest absolute Gasteiger partial charge is 0.312 e. The fourth-order valence-corrected chi connectivity index (χ4v) is 1.87. The predicted molar refractivity (Wildman–Crippen MR) is 54.2 cm³/mol. The predicted octanol–water partition coefficient (Wildman–Crippen LogP) is 2.49. The highest BCUT2D eigenvalue weighted by atomic mass is 16.1. The van der Waals surface area contributed by atoms with E-state index in [0.717, 1.165) is 25.9 Å². The monoisotopic (exact) mass is 182 g/mol. The van der Waals surface area contributed by atoms with Gasteiger partial charge in [0.1, 0.15) is 0 Å². The first-order valence-electron chi connectivity index (χ1n) is 5.56. The molecule has 1 fully saturated rings. The number of hydrogen-bond donors (Lipinski definition) is 0. The molecule has 1 aliphatic rings. The number of rotatable bonds is 1. The normalized spacial score (nSPS) is 22.0. The van der Waals surface area contributed by atoms with Gasteiger partial charge in [-0.2, -0.15) is 0 Å². The largest absolute Gasteiger partial charge is 0.334 e. The van der Waals surface area contributed by atoms with Crippen molar-refractivity contribution in [2.24, 2.45) is 0 Å². The van der Waals surface area contributed by atoms with Crippen molar-refractivity contribution in [2.45, 2.75) is 51.4 Å². The zero-order valence-corrected chi connectivity index (χ0v) is 8.43. The van der Waals surface area contributed by atoms with Crippen molar-refractivity contribution >= 4 is 6.41 Å². The summed E-state index contributed by atoms with van der Waals surface area (Å²) >= 11 is 0. The van der Waals surface area contributed by atoms with Crippen LogP contribution >= 0.6 is 0 Å². The SMILES string of the molecule is O=[C]N1CCCCCCCCCC1. The van der Waals surface area contributed by atoms with Crippen LogP contribution in [0.4, 0.5) is 0 Å². The molecule has 75 valence electrons. The topological polar surface area (TPSA) is 20.3 Å². The first-order chi connectivity index (χ1) is 6.43. The number of carbonyl (C=O) groups excluding carboxylic acids is 1. The molecule has 0 saturated carbocycles. The molecule has 0 aliphatic carbocycles. The van der Waals surface area contributed by atoms with Gasteiger partial charge in [0.15, 0.2) is 0 Å². The highest BCUT2D eigenvalue weighted by Gasteiger charge is 2.03. The summed E-state index contributed by atoms with van der Waals surface area (Å²) < 4.78 is 0. The average Bonchev–Trinajstić information content (AvgIpc) is 2.22. The first-order valence-corrected chi connectivity index (χ1v) is 5.56. The van der Waals surface area contributed by atoms with E-state index >= 15 is 0 Å². The van der Waals surface area contributed by atoms with Crippen molar-refractivity contribution < 1.29 is 4.79 Å². The van der Waals surface area contributed by atoms with Crippen LogP contribution in [-0.4, -0.2) is 24.4 Å². The van der Waals surface area contributed by atoms with Crippen LogP contribution in [0, 0.1) is 0 Å². The van der Waals surface area contributed by atoms with Crippen molar-refractivity contribution in [3.05, 3.63) is 0 Å². The van der Waals surface area contributed by atoms with E-state index in [2.05, 4.69) is 0 Å². The van der Waals surface area contributed by atoms with Crippen LogP contribution in [0.5, 0.6) is 0 Å². The average molecular weight is 182 g/mol. The quantitative estimate of drug-likeness (QED) is 0.610. The Labute approximate surface area is 81.3 Å². The Bertz CT molecular complexity index is 124. The van der Waals surface area contributed by atoms with Gasteiger partial charge in [-0.1, -0.05) is 38.5 Å². The van der Waals surface area contributed by atoms with Crippen LogP contribution < -0.4 is 0 Å². The molecule has 1 heterocycles. The third-order valence-corrected chi connectivity index (χ3v) is 2.74. The van der Waals surface area contributed by atoms with E-state index in [1.165, 1.54) is 38.5 Å². The Morgan fingerprint density at radius 2 is 1.08 bits per heavy atom. The molecule has 2 heteroatoms. The van der Waals surface area contributed by atoms with Crippen molar-refractivity contribution in [3.8, 4) is 0 Å². The molecule has 1 radical (unpaired) electrons. The molecule has 0 aromatic rings. The van der Waals surface area contributed by atoms with E-state index in [4.69, 9.17) is 0 Å². The zero-order valence-electron chi connectivity index (χ0n) is 8.43. The Kier molecular flexibility index (Phi) is 5.62. The van der Waals surface area contributed by atoms with Gasteiger partial charge in [-0.25, -0.2) is 0 Å². The molecule has 13 heavy (non-hydrogen) atoms. The number of nitrogens with zero attached hydrogens (tertiary/aromatic N) is 1. The van der Waals surface area contributed by atoms with Gasteiger partial charge >= 0.3 is 6.41 Å². The van der Waals surface area contributed by atoms with Crippen LogP contribution in [-0.2, 0) is 4.79 Å². The van der Waals surface area contributed by atoms with E-state index in [-0.39, 0.29) is 0 Å². The molecule has 0 bridgehead atoms. The minimum atomic E-state index is 0.920. The molecule has 2 nitrogen and oxygen atoms in total. The van der Waals surface area contributed by atoms with Crippen LogP contribution in [0.15, 0.2) is 0 Å². The van der Waals surface area contributed by atoms with Crippen LogP contribution in [0.1, 0.15) is 51.4 Å². The van der Waals surface area contributed by atoms with E-state index in [1.807, 2.05) is 11.3 Å². The van der Waals surface area contributed by atoms with Crippen LogP contribution in [0.3, 0.4) is 0 Å². The number of hydrogen-bond acceptors (Lipinski definition) is 1. The minimum Gasteiger partial charge on any atom is -0.334 e. The molecule has 0 atom stereocenters. The first kappa shape index (κ1) is 10.6. The summed E-state index contributed by atoms with van der Waals surface area (Å²) in [6.07, 6.45) is 12.3. The Hall–Kier alpha value is -0.530. The third-order valence-electron chi connectivity index (χ3n) is 2.74. The van der Waals surface area contributed by atoms with Crippen molar-refractivity contribution in [1.29, 1.82) is 0 Å². The molecule has 0 spiro atoms. The molecule has 0 N–H and O–H groups in total. The lowest BCUT2D eigenvalue weighted by atomic mass is 10.1.